The van der Waals surface area contributed by atoms with Crippen LogP contribution in [-0.2, 0) is 12.8 Å². The molecule has 1 N–H and O–H groups in total. The summed E-state index contributed by atoms with van der Waals surface area (Å²) in [5.41, 5.74) is 2.75. The van der Waals surface area contributed by atoms with Crippen molar-refractivity contribution in [2.75, 3.05) is 13.6 Å². The second-order valence-electron chi connectivity index (χ2n) is 5.03. The highest BCUT2D eigenvalue weighted by Crippen LogP contribution is 2.25. The Hall–Kier alpha value is -0.830. The van der Waals surface area contributed by atoms with Gasteiger partial charge in [0.15, 0.2) is 0 Å². The Balaban J connectivity index is 2.03. The number of benzene rings is 1. The lowest BCUT2D eigenvalue weighted by Crippen LogP contribution is -2.22. The number of rotatable bonds is 6. The summed E-state index contributed by atoms with van der Waals surface area (Å²) in [4.78, 5) is 1.37. The van der Waals surface area contributed by atoms with Gasteiger partial charge in [-0.15, -0.1) is 11.3 Å². The van der Waals surface area contributed by atoms with Gasteiger partial charge in [-0.25, -0.2) is 0 Å². The molecule has 0 spiro atoms. The highest BCUT2D eigenvalue weighted by atomic mass is 35.5. The smallest absolute Gasteiger partial charge is 0.0931 e. The summed E-state index contributed by atoms with van der Waals surface area (Å²) in [5.74, 6) is 0.613. The van der Waals surface area contributed by atoms with Crippen molar-refractivity contribution < 1.29 is 0 Å². The first-order valence-corrected chi connectivity index (χ1v) is 7.81. The van der Waals surface area contributed by atoms with Gasteiger partial charge in [0.05, 0.1) is 4.34 Å². The average Bonchev–Trinajstić information content (AvgIpc) is 2.75. The topological polar surface area (TPSA) is 12.0 Å². The number of hydrogen-bond acceptors (Lipinski definition) is 2. The molecule has 0 saturated carbocycles. The number of halogens is 1. The number of hydrogen-bond donors (Lipinski definition) is 1. The zero-order valence-corrected chi connectivity index (χ0v) is 13.0. The Morgan fingerprint density at radius 3 is 2.68 bits per heavy atom. The molecule has 1 aromatic carbocycles. The van der Waals surface area contributed by atoms with Gasteiger partial charge in [0.25, 0.3) is 0 Å². The standard InChI is InChI=1S/C16H20ClNS/c1-12-4-3-5-13(8-12)9-14(11-18-2)10-15-6-7-16(17)19-15/h3-8,14,18H,9-11H2,1-2H3. The van der Waals surface area contributed by atoms with Crippen LogP contribution < -0.4 is 5.32 Å². The Bertz CT molecular complexity index is 521. The Morgan fingerprint density at radius 2 is 2.05 bits per heavy atom. The fourth-order valence-corrected chi connectivity index (χ4v) is 3.63. The fraction of sp³-hybridized carbons (Fsp3) is 0.375. The third kappa shape index (κ3) is 4.64. The van der Waals surface area contributed by atoms with Crippen molar-refractivity contribution in [2.24, 2.45) is 5.92 Å². The minimum Gasteiger partial charge on any atom is -0.319 e. The van der Waals surface area contributed by atoms with Crippen molar-refractivity contribution in [1.29, 1.82) is 0 Å². The molecule has 2 rings (SSSR count). The summed E-state index contributed by atoms with van der Waals surface area (Å²) >= 11 is 7.70. The summed E-state index contributed by atoms with van der Waals surface area (Å²) in [5, 5.41) is 3.30. The van der Waals surface area contributed by atoms with Crippen molar-refractivity contribution in [3.05, 3.63) is 56.7 Å². The number of nitrogens with one attached hydrogen (secondary N) is 1. The van der Waals surface area contributed by atoms with Crippen LogP contribution >= 0.6 is 22.9 Å². The molecule has 19 heavy (non-hydrogen) atoms. The van der Waals surface area contributed by atoms with Gasteiger partial charge in [0.2, 0.25) is 0 Å². The zero-order valence-electron chi connectivity index (χ0n) is 11.4. The molecule has 0 radical (unpaired) electrons. The quantitative estimate of drug-likeness (QED) is 0.836. The first-order valence-electron chi connectivity index (χ1n) is 6.61. The molecular formula is C16H20ClNS. The van der Waals surface area contributed by atoms with Gasteiger partial charge >= 0.3 is 0 Å². The van der Waals surface area contributed by atoms with E-state index < -0.39 is 0 Å². The predicted octanol–water partition coefficient (Wildman–Crippen LogP) is 4.33. The first-order chi connectivity index (χ1) is 9.17. The molecule has 0 aliphatic carbocycles. The van der Waals surface area contributed by atoms with Gasteiger partial charge in [-0.1, -0.05) is 41.4 Å². The number of thiophene rings is 1. The molecule has 0 aliphatic heterocycles. The maximum Gasteiger partial charge on any atom is 0.0931 e. The monoisotopic (exact) mass is 293 g/mol. The van der Waals surface area contributed by atoms with Gasteiger partial charge in [0, 0.05) is 4.88 Å². The van der Waals surface area contributed by atoms with E-state index in [1.54, 1.807) is 11.3 Å². The van der Waals surface area contributed by atoms with Crippen molar-refractivity contribution >= 4 is 22.9 Å². The summed E-state index contributed by atoms with van der Waals surface area (Å²) in [7, 11) is 2.02. The molecule has 0 amide bonds. The summed E-state index contributed by atoms with van der Waals surface area (Å²) in [6.45, 7) is 3.18. The SMILES string of the molecule is CNCC(Cc1cccc(C)c1)Cc1ccc(Cl)s1. The molecule has 0 bridgehead atoms. The van der Waals surface area contributed by atoms with E-state index >= 15 is 0 Å². The third-order valence-electron chi connectivity index (χ3n) is 3.22. The molecule has 1 atom stereocenters. The Labute approximate surface area is 124 Å². The van der Waals surface area contributed by atoms with Crippen LogP contribution in [0, 0.1) is 12.8 Å². The first kappa shape index (κ1) is 14.6. The molecule has 0 aliphatic rings. The highest BCUT2D eigenvalue weighted by Gasteiger charge is 2.11. The van der Waals surface area contributed by atoms with Crippen LogP contribution in [0.5, 0.6) is 0 Å². The number of aryl methyl sites for hydroxylation is 1. The van der Waals surface area contributed by atoms with Crippen LogP contribution in [0.15, 0.2) is 36.4 Å². The average molecular weight is 294 g/mol. The molecule has 0 saturated heterocycles. The minimum absolute atomic E-state index is 0.613. The van der Waals surface area contributed by atoms with Crippen LogP contribution in [0.4, 0.5) is 0 Å². The highest BCUT2D eigenvalue weighted by molar-refractivity contribution is 7.16. The predicted molar refractivity (Wildman–Crippen MR) is 85.3 cm³/mol. The molecule has 3 heteroatoms. The van der Waals surface area contributed by atoms with Crippen LogP contribution in [0.3, 0.4) is 0 Å². The minimum atomic E-state index is 0.613. The molecule has 1 unspecified atom stereocenters. The zero-order chi connectivity index (χ0) is 13.7. The van der Waals surface area contributed by atoms with E-state index in [0.717, 1.165) is 23.7 Å². The van der Waals surface area contributed by atoms with Crippen LogP contribution in [0.2, 0.25) is 4.34 Å². The van der Waals surface area contributed by atoms with Crippen LogP contribution in [0.1, 0.15) is 16.0 Å². The van der Waals surface area contributed by atoms with E-state index in [1.165, 1.54) is 16.0 Å². The molecule has 0 fully saturated rings. The summed E-state index contributed by atoms with van der Waals surface area (Å²) < 4.78 is 0.883. The van der Waals surface area contributed by atoms with Gasteiger partial charge in [0.1, 0.15) is 0 Å². The van der Waals surface area contributed by atoms with E-state index in [2.05, 4.69) is 42.6 Å². The maximum atomic E-state index is 6.00. The van der Waals surface area contributed by atoms with Crippen molar-refractivity contribution in [1.82, 2.24) is 5.32 Å². The largest absolute Gasteiger partial charge is 0.319 e. The molecule has 1 aromatic heterocycles. The normalized spacial score (nSPS) is 12.6. The van der Waals surface area contributed by atoms with E-state index in [-0.39, 0.29) is 0 Å². The van der Waals surface area contributed by atoms with Crippen LogP contribution in [-0.4, -0.2) is 13.6 Å². The molecule has 102 valence electrons. The third-order valence-corrected chi connectivity index (χ3v) is 4.47. The van der Waals surface area contributed by atoms with E-state index in [0.29, 0.717) is 5.92 Å². The lowest BCUT2D eigenvalue weighted by molar-refractivity contribution is 0.496. The summed E-state index contributed by atoms with van der Waals surface area (Å²) in [6, 6.07) is 12.9. The molecule has 1 nitrogen and oxygen atoms in total. The fourth-order valence-electron chi connectivity index (χ4n) is 2.42. The second-order valence-corrected chi connectivity index (χ2v) is 6.83. The van der Waals surface area contributed by atoms with E-state index in [4.69, 9.17) is 11.6 Å². The Morgan fingerprint density at radius 1 is 1.21 bits per heavy atom. The van der Waals surface area contributed by atoms with E-state index in [1.807, 2.05) is 13.1 Å². The maximum absolute atomic E-state index is 6.00. The molecular weight excluding hydrogens is 274 g/mol. The lowest BCUT2D eigenvalue weighted by Gasteiger charge is -2.16. The molecule has 2 aromatic rings. The van der Waals surface area contributed by atoms with Gasteiger partial charge in [-0.2, -0.15) is 0 Å². The summed E-state index contributed by atoms with van der Waals surface area (Å²) in [6.07, 6.45) is 2.20. The van der Waals surface area contributed by atoms with Crippen LogP contribution in [0.25, 0.3) is 0 Å². The lowest BCUT2D eigenvalue weighted by atomic mass is 9.94. The molecule has 1 heterocycles. The van der Waals surface area contributed by atoms with Crippen molar-refractivity contribution in [2.45, 2.75) is 19.8 Å². The van der Waals surface area contributed by atoms with Gasteiger partial charge in [-0.05, 0) is 57.0 Å². The van der Waals surface area contributed by atoms with Crippen molar-refractivity contribution in [3.63, 3.8) is 0 Å². The van der Waals surface area contributed by atoms with Gasteiger partial charge < -0.3 is 5.32 Å². The second kappa shape index (κ2) is 7.09. The van der Waals surface area contributed by atoms with Crippen molar-refractivity contribution in [3.8, 4) is 0 Å². The van der Waals surface area contributed by atoms with E-state index in [9.17, 15) is 0 Å². The van der Waals surface area contributed by atoms with Gasteiger partial charge in [-0.3, -0.25) is 0 Å². The Kier molecular flexibility index (Phi) is 5.44.